The quantitative estimate of drug-likeness (QED) is 0.577. The summed E-state index contributed by atoms with van der Waals surface area (Å²) in [7, 11) is 0. The molecule has 1 heterocycles. The fraction of sp³-hybridized carbons (Fsp3) is 0.500. The highest BCUT2D eigenvalue weighted by atomic mass is 32.1. The van der Waals surface area contributed by atoms with Gasteiger partial charge >= 0.3 is 0 Å². The molecule has 0 amide bonds. The van der Waals surface area contributed by atoms with Gasteiger partial charge in [-0.3, -0.25) is 5.43 Å². The van der Waals surface area contributed by atoms with Gasteiger partial charge in [0.25, 0.3) is 0 Å². The second-order valence-electron chi connectivity index (χ2n) is 2.93. The molecule has 1 aromatic rings. The van der Waals surface area contributed by atoms with E-state index in [4.69, 9.17) is 0 Å². The minimum absolute atomic E-state index is 0.471. The van der Waals surface area contributed by atoms with Gasteiger partial charge in [0.2, 0.25) is 5.13 Å². The van der Waals surface area contributed by atoms with Gasteiger partial charge in [-0.2, -0.15) is 5.10 Å². The molecule has 0 aliphatic carbocycles. The fourth-order valence-electron chi connectivity index (χ4n) is 0.647. The van der Waals surface area contributed by atoms with Crippen LogP contribution in [0.3, 0.4) is 0 Å². The van der Waals surface area contributed by atoms with E-state index in [2.05, 4.69) is 29.4 Å². The lowest BCUT2D eigenvalue weighted by Gasteiger charge is -1.94. The van der Waals surface area contributed by atoms with Crippen molar-refractivity contribution >= 4 is 22.7 Å². The standard InChI is InChI=1S/C8H13N3S/c1-6(2)4-9-11-8-10-7(3)5-12-8/h4-6H,1-3H3,(H,10,11). The highest BCUT2D eigenvalue weighted by molar-refractivity contribution is 7.13. The van der Waals surface area contributed by atoms with Gasteiger partial charge in [-0.1, -0.05) is 13.8 Å². The van der Waals surface area contributed by atoms with Crippen molar-refractivity contribution in [1.29, 1.82) is 0 Å². The molecule has 4 heteroatoms. The minimum atomic E-state index is 0.471. The smallest absolute Gasteiger partial charge is 0.203 e. The maximum Gasteiger partial charge on any atom is 0.203 e. The Balaban J connectivity index is 2.43. The van der Waals surface area contributed by atoms with Gasteiger partial charge in [0.15, 0.2) is 0 Å². The Kier molecular flexibility index (Phi) is 3.22. The molecule has 66 valence electrons. The van der Waals surface area contributed by atoms with Crippen LogP contribution in [0.25, 0.3) is 0 Å². The van der Waals surface area contributed by atoms with Crippen LogP contribution in [0.15, 0.2) is 10.5 Å². The molecule has 0 saturated heterocycles. The average Bonchev–Trinajstić information content (AvgIpc) is 2.35. The third-order valence-corrected chi connectivity index (χ3v) is 2.02. The largest absolute Gasteiger partial charge is 0.253 e. The predicted octanol–water partition coefficient (Wildman–Crippen LogP) is 2.51. The molecular formula is C8H13N3S. The van der Waals surface area contributed by atoms with Crippen molar-refractivity contribution in [3.63, 3.8) is 0 Å². The summed E-state index contributed by atoms with van der Waals surface area (Å²) >= 11 is 1.57. The second-order valence-corrected chi connectivity index (χ2v) is 3.79. The van der Waals surface area contributed by atoms with Crippen LogP contribution in [0.4, 0.5) is 5.13 Å². The molecule has 0 spiro atoms. The molecule has 1 rings (SSSR count). The zero-order valence-corrected chi connectivity index (χ0v) is 8.35. The molecule has 1 N–H and O–H groups in total. The van der Waals surface area contributed by atoms with Crippen molar-refractivity contribution in [2.24, 2.45) is 11.0 Å². The van der Waals surface area contributed by atoms with E-state index in [-0.39, 0.29) is 0 Å². The Morgan fingerprint density at radius 1 is 1.67 bits per heavy atom. The minimum Gasteiger partial charge on any atom is -0.253 e. The van der Waals surface area contributed by atoms with Crippen LogP contribution < -0.4 is 5.43 Å². The topological polar surface area (TPSA) is 37.3 Å². The normalized spacial score (nSPS) is 11.3. The first-order chi connectivity index (χ1) is 5.68. The van der Waals surface area contributed by atoms with Gasteiger partial charge in [-0.25, -0.2) is 4.98 Å². The number of hydrogen-bond donors (Lipinski definition) is 1. The number of nitrogens with zero attached hydrogens (tertiary/aromatic N) is 2. The lowest BCUT2D eigenvalue weighted by atomic mass is 10.3. The maximum atomic E-state index is 4.20. The van der Waals surface area contributed by atoms with Crippen LogP contribution >= 0.6 is 11.3 Å². The summed E-state index contributed by atoms with van der Waals surface area (Å²) < 4.78 is 0. The molecule has 0 unspecified atom stereocenters. The van der Waals surface area contributed by atoms with Gasteiger partial charge in [0.1, 0.15) is 0 Å². The number of anilines is 1. The molecular weight excluding hydrogens is 170 g/mol. The van der Waals surface area contributed by atoms with Crippen LogP contribution in [0.1, 0.15) is 19.5 Å². The monoisotopic (exact) mass is 183 g/mol. The van der Waals surface area contributed by atoms with Crippen LogP contribution in [0.5, 0.6) is 0 Å². The summed E-state index contributed by atoms with van der Waals surface area (Å²) in [6, 6.07) is 0. The number of aromatic nitrogens is 1. The first-order valence-corrected chi connectivity index (χ1v) is 4.78. The molecule has 0 aliphatic heterocycles. The second kappa shape index (κ2) is 4.21. The molecule has 0 bridgehead atoms. The van der Waals surface area contributed by atoms with Crippen LogP contribution in [0.2, 0.25) is 0 Å². The zero-order chi connectivity index (χ0) is 8.97. The zero-order valence-electron chi connectivity index (χ0n) is 7.53. The number of thiazole rings is 1. The summed E-state index contributed by atoms with van der Waals surface area (Å²) in [6.07, 6.45) is 1.86. The molecule has 0 aliphatic rings. The summed E-state index contributed by atoms with van der Waals surface area (Å²) in [5, 5.41) is 6.87. The van der Waals surface area contributed by atoms with E-state index in [0.717, 1.165) is 10.8 Å². The third kappa shape index (κ3) is 3.00. The molecule has 0 radical (unpaired) electrons. The van der Waals surface area contributed by atoms with Crippen molar-refractivity contribution in [2.75, 3.05) is 5.43 Å². The Bertz CT molecular complexity index is 265. The van der Waals surface area contributed by atoms with E-state index in [0.29, 0.717) is 5.92 Å². The molecule has 0 fully saturated rings. The summed E-state index contributed by atoms with van der Waals surface area (Å²) in [5.41, 5.74) is 3.90. The van der Waals surface area contributed by atoms with E-state index < -0.39 is 0 Å². The van der Waals surface area contributed by atoms with Crippen LogP contribution in [-0.4, -0.2) is 11.2 Å². The van der Waals surface area contributed by atoms with E-state index in [1.54, 1.807) is 11.3 Å². The van der Waals surface area contributed by atoms with Gasteiger partial charge in [0, 0.05) is 11.6 Å². The van der Waals surface area contributed by atoms with E-state index in [1.807, 2.05) is 18.5 Å². The van der Waals surface area contributed by atoms with E-state index >= 15 is 0 Å². The lowest BCUT2D eigenvalue weighted by molar-refractivity contribution is 0.903. The van der Waals surface area contributed by atoms with E-state index in [1.165, 1.54) is 0 Å². The Labute approximate surface area is 76.5 Å². The van der Waals surface area contributed by atoms with Gasteiger partial charge in [0.05, 0.1) is 5.69 Å². The highest BCUT2D eigenvalue weighted by Crippen LogP contribution is 2.13. The molecule has 0 atom stereocenters. The lowest BCUT2D eigenvalue weighted by Crippen LogP contribution is -1.93. The predicted molar refractivity (Wildman–Crippen MR) is 53.8 cm³/mol. The van der Waals surface area contributed by atoms with E-state index in [9.17, 15) is 0 Å². The Morgan fingerprint density at radius 2 is 2.42 bits per heavy atom. The summed E-state index contributed by atoms with van der Waals surface area (Å²) in [5.74, 6) is 0.471. The summed E-state index contributed by atoms with van der Waals surface area (Å²) in [6.45, 7) is 6.13. The number of nitrogens with one attached hydrogen (secondary N) is 1. The van der Waals surface area contributed by atoms with Gasteiger partial charge in [-0.15, -0.1) is 11.3 Å². The number of rotatable bonds is 3. The van der Waals surface area contributed by atoms with Crippen molar-refractivity contribution < 1.29 is 0 Å². The number of hydrogen-bond acceptors (Lipinski definition) is 4. The first-order valence-electron chi connectivity index (χ1n) is 3.90. The Morgan fingerprint density at radius 3 is 2.92 bits per heavy atom. The molecule has 0 saturated carbocycles. The van der Waals surface area contributed by atoms with Crippen LogP contribution in [0, 0.1) is 12.8 Å². The maximum absolute atomic E-state index is 4.20. The van der Waals surface area contributed by atoms with Gasteiger partial charge < -0.3 is 0 Å². The molecule has 3 nitrogen and oxygen atoms in total. The summed E-state index contributed by atoms with van der Waals surface area (Å²) in [4.78, 5) is 4.20. The fourth-order valence-corrected chi connectivity index (χ4v) is 1.28. The third-order valence-electron chi connectivity index (χ3n) is 1.15. The highest BCUT2D eigenvalue weighted by Gasteiger charge is 1.94. The average molecular weight is 183 g/mol. The van der Waals surface area contributed by atoms with Gasteiger partial charge in [-0.05, 0) is 12.8 Å². The Hall–Kier alpha value is -0.900. The number of hydrazone groups is 1. The van der Waals surface area contributed by atoms with Crippen LogP contribution in [-0.2, 0) is 0 Å². The van der Waals surface area contributed by atoms with Crippen molar-refractivity contribution in [1.82, 2.24) is 4.98 Å². The van der Waals surface area contributed by atoms with Crippen molar-refractivity contribution in [3.8, 4) is 0 Å². The number of aryl methyl sites for hydroxylation is 1. The SMILES string of the molecule is Cc1csc(NN=CC(C)C)n1. The molecule has 12 heavy (non-hydrogen) atoms. The first kappa shape index (κ1) is 9.19. The van der Waals surface area contributed by atoms with Crippen molar-refractivity contribution in [2.45, 2.75) is 20.8 Å². The van der Waals surface area contributed by atoms with Crippen molar-refractivity contribution in [3.05, 3.63) is 11.1 Å². The molecule has 1 aromatic heterocycles. The molecule has 0 aromatic carbocycles.